The first kappa shape index (κ1) is 19.2. The van der Waals surface area contributed by atoms with Crippen molar-refractivity contribution in [2.75, 3.05) is 18.2 Å². The number of amides is 1. The van der Waals surface area contributed by atoms with Gasteiger partial charge in [0.05, 0.1) is 23.6 Å². The zero-order valence-electron chi connectivity index (χ0n) is 13.5. The Labute approximate surface area is 172 Å². The molecule has 2 aromatic carbocycles. The van der Waals surface area contributed by atoms with Crippen LogP contribution in [0.4, 0.5) is 5.69 Å². The van der Waals surface area contributed by atoms with E-state index in [0.717, 1.165) is 14.1 Å². The number of esters is 1. The summed E-state index contributed by atoms with van der Waals surface area (Å²) >= 11 is 12.3. The minimum Gasteiger partial charge on any atom is -0.465 e. The van der Waals surface area contributed by atoms with Crippen LogP contribution >= 0.6 is 50.6 Å². The van der Waals surface area contributed by atoms with Crippen molar-refractivity contribution < 1.29 is 14.3 Å². The average Bonchev–Trinajstić information content (AvgIpc) is 3.00. The molecule has 0 fully saturated rings. The highest BCUT2D eigenvalue weighted by molar-refractivity contribution is 9.10. The molecule has 3 rings (SSSR count). The third-order valence-corrected chi connectivity index (χ3v) is 6.47. The second kappa shape index (κ2) is 8.43. The Morgan fingerprint density at radius 2 is 1.96 bits per heavy atom. The van der Waals surface area contributed by atoms with Gasteiger partial charge in [-0.05, 0) is 36.4 Å². The Bertz CT molecular complexity index is 972. The summed E-state index contributed by atoms with van der Waals surface area (Å²) in [5, 5.41) is 3.96. The second-order valence-corrected chi connectivity index (χ2v) is 8.63. The van der Waals surface area contributed by atoms with Crippen molar-refractivity contribution >= 4 is 78.3 Å². The summed E-state index contributed by atoms with van der Waals surface area (Å²) in [5.41, 5.74) is 0.406. The maximum atomic E-state index is 12.4. The van der Waals surface area contributed by atoms with Crippen LogP contribution in [-0.4, -0.2) is 24.7 Å². The minimum atomic E-state index is -0.502. The average molecular weight is 471 g/mol. The number of halogens is 2. The molecule has 0 bridgehead atoms. The predicted octanol–water partition coefficient (Wildman–Crippen LogP) is 5.83. The summed E-state index contributed by atoms with van der Waals surface area (Å²) in [6.07, 6.45) is 0. The van der Waals surface area contributed by atoms with Crippen molar-refractivity contribution in [2.45, 2.75) is 4.90 Å². The van der Waals surface area contributed by atoms with Gasteiger partial charge < -0.3 is 10.1 Å². The summed E-state index contributed by atoms with van der Waals surface area (Å²) in [6.45, 7) is 0. The standard InChI is InChI=1S/C18H13BrClNO3S2/c1-24-18(23)17-16(15-12(20)3-2-4-13(15)26-17)21-14(22)9-25-11-7-5-10(19)6-8-11/h2-8H,9H2,1H3,(H,21,22). The van der Waals surface area contributed by atoms with Crippen LogP contribution in [0.15, 0.2) is 51.8 Å². The molecule has 1 heterocycles. The number of methoxy groups -OCH3 is 1. The fraction of sp³-hybridized carbons (Fsp3) is 0.111. The lowest BCUT2D eigenvalue weighted by Gasteiger charge is -2.07. The zero-order chi connectivity index (χ0) is 18.7. The smallest absolute Gasteiger partial charge is 0.350 e. The van der Waals surface area contributed by atoms with Crippen molar-refractivity contribution in [3.8, 4) is 0 Å². The van der Waals surface area contributed by atoms with Crippen molar-refractivity contribution in [1.29, 1.82) is 0 Å². The molecule has 26 heavy (non-hydrogen) atoms. The second-order valence-electron chi connectivity index (χ2n) is 5.20. The number of nitrogens with one attached hydrogen (secondary N) is 1. The van der Waals surface area contributed by atoms with Gasteiger partial charge in [-0.2, -0.15) is 0 Å². The van der Waals surface area contributed by atoms with Gasteiger partial charge in [-0.1, -0.05) is 33.6 Å². The zero-order valence-corrected chi connectivity index (χ0v) is 17.5. The number of rotatable bonds is 5. The van der Waals surface area contributed by atoms with Gasteiger partial charge in [0.2, 0.25) is 5.91 Å². The van der Waals surface area contributed by atoms with Gasteiger partial charge in [-0.15, -0.1) is 23.1 Å². The van der Waals surface area contributed by atoms with Crippen LogP contribution in [0.1, 0.15) is 9.67 Å². The first-order chi connectivity index (χ1) is 12.5. The van der Waals surface area contributed by atoms with E-state index < -0.39 is 5.97 Å². The van der Waals surface area contributed by atoms with Crippen LogP contribution in [0.2, 0.25) is 5.02 Å². The molecule has 0 aliphatic heterocycles. The molecule has 0 saturated carbocycles. The molecule has 0 radical (unpaired) electrons. The topological polar surface area (TPSA) is 55.4 Å². The number of ether oxygens (including phenoxy) is 1. The molecule has 0 unspecified atom stereocenters. The van der Waals surface area contributed by atoms with E-state index in [1.54, 1.807) is 12.1 Å². The van der Waals surface area contributed by atoms with E-state index in [1.807, 2.05) is 30.3 Å². The molecular formula is C18H13BrClNO3S2. The number of benzene rings is 2. The number of carbonyl (C=O) groups is 2. The highest BCUT2D eigenvalue weighted by Crippen LogP contribution is 2.40. The van der Waals surface area contributed by atoms with Crippen molar-refractivity contribution in [2.24, 2.45) is 0 Å². The number of anilines is 1. The lowest BCUT2D eigenvalue weighted by atomic mass is 10.2. The summed E-state index contributed by atoms with van der Waals surface area (Å²) < 4.78 is 6.63. The Hall–Kier alpha value is -1.54. The molecule has 1 aromatic heterocycles. The molecule has 3 aromatic rings. The first-order valence-corrected chi connectivity index (χ1v) is 10.4. The number of hydrogen-bond acceptors (Lipinski definition) is 5. The van der Waals surface area contributed by atoms with Gasteiger partial charge in [0, 0.05) is 19.5 Å². The number of carbonyl (C=O) groups excluding carboxylic acids is 2. The lowest BCUT2D eigenvalue weighted by molar-refractivity contribution is -0.113. The van der Waals surface area contributed by atoms with Crippen LogP contribution in [-0.2, 0) is 9.53 Å². The van der Waals surface area contributed by atoms with Gasteiger partial charge in [-0.25, -0.2) is 4.79 Å². The normalized spacial score (nSPS) is 10.7. The molecule has 1 N–H and O–H groups in total. The number of thioether (sulfide) groups is 1. The Balaban J connectivity index is 1.83. The lowest BCUT2D eigenvalue weighted by Crippen LogP contribution is -2.16. The van der Waals surface area contributed by atoms with Gasteiger partial charge >= 0.3 is 5.97 Å². The molecule has 0 saturated heterocycles. The van der Waals surface area contributed by atoms with Crippen LogP contribution < -0.4 is 5.32 Å². The van der Waals surface area contributed by atoms with Crippen molar-refractivity contribution in [3.63, 3.8) is 0 Å². The van der Waals surface area contributed by atoms with Crippen LogP contribution in [0, 0.1) is 0 Å². The molecular weight excluding hydrogens is 458 g/mol. The van der Waals surface area contributed by atoms with Gasteiger partial charge in [0.25, 0.3) is 0 Å². The highest BCUT2D eigenvalue weighted by Gasteiger charge is 2.22. The van der Waals surface area contributed by atoms with Gasteiger partial charge in [0.1, 0.15) is 4.88 Å². The molecule has 8 heteroatoms. The van der Waals surface area contributed by atoms with Crippen molar-refractivity contribution in [3.05, 3.63) is 56.8 Å². The Morgan fingerprint density at radius 1 is 1.23 bits per heavy atom. The maximum absolute atomic E-state index is 12.4. The van der Waals surface area contributed by atoms with Crippen LogP contribution in [0.5, 0.6) is 0 Å². The third-order valence-electron chi connectivity index (χ3n) is 3.48. The molecule has 4 nitrogen and oxygen atoms in total. The molecule has 1 amide bonds. The van der Waals surface area contributed by atoms with Crippen molar-refractivity contribution in [1.82, 2.24) is 0 Å². The summed E-state index contributed by atoms with van der Waals surface area (Å²) in [7, 11) is 1.31. The molecule has 0 aliphatic rings. The fourth-order valence-corrected chi connectivity index (χ4v) is 4.71. The van der Waals surface area contributed by atoms with E-state index >= 15 is 0 Å². The van der Waals surface area contributed by atoms with E-state index in [9.17, 15) is 9.59 Å². The number of thiophene rings is 1. The van der Waals surface area contributed by atoms with E-state index in [2.05, 4.69) is 21.2 Å². The van der Waals surface area contributed by atoms with E-state index in [-0.39, 0.29) is 11.7 Å². The molecule has 0 atom stereocenters. The summed E-state index contributed by atoms with van der Waals surface area (Å²) in [4.78, 5) is 25.8. The summed E-state index contributed by atoms with van der Waals surface area (Å²) in [5.74, 6) is -0.509. The Morgan fingerprint density at radius 3 is 2.65 bits per heavy atom. The largest absolute Gasteiger partial charge is 0.465 e. The predicted molar refractivity (Wildman–Crippen MR) is 112 cm³/mol. The monoisotopic (exact) mass is 469 g/mol. The summed E-state index contributed by atoms with van der Waals surface area (Å²) in [6, 6.07) is 13.1. The molecule has 0 aliphatic carbocycles. The number of hydrogen-bond donors (Lipinski definition) is 1. The first-order valence-electron chi connectivity index (χ1n) is 7.47. The SMILES string of the molecule is COC(=O)c1sc2cccc(Cl)c2c1NC(=O)CSc1ccc(Br)cc1. The number of fused-ring (bicyclic) bond motifs is 1. The van der Waals surface area contributed by atoms with Crippen LogP contribution in [0.25, 0.3) is 10.1 Å². The van der Waals surface area contributed by atoms with E-state index in [0.29, 0.717) is 21.0 Å². The molecule has 134 valence electrons. The maximum Gasteiger partial charge on any atom is 0.350 e. The molecule has 0 spiro atoms. The van der Waals surface area contributed by atoms with Gasteiger partial charge in [-0.3, -0.25) is 4.79 Å². The van der Waals surface area contributed by atoms with Crippen LogP contribution in [0.3, 0.4) is 0 Å². The quantitative estimate of drug-likeness (QED) is 0.376. The third kappa shape index (κ3) is 4.23. The minimum absolute atomic E-state index is 0.212. The highest BCUT2D eigenvalue weighted by atomic mass is 79.9. The fourth-order valence-electron chi connectivity index (χ4n) is 2.32. The van der Waals surface area contributed by atoms with E-state index in [1.165, 1.54) is 30.2 Å². The Kier molecular flexibility index (Phi) is 6.24. The van der Waals surface area contributed by atoms with E-state index in [4.69, 9.17) is 16.3 Å². The van der Waals surface area contributed by atoms with Gasteiger partial charge in [0.15, 0.2) is 0 Å².